The smallest absolute Gasteiger partial charge is 0.408 e. The van der Waals surface area contributed by atoms with E-state index in [0.717, 1.165) is 6.42 Å². The lowest BCUT2D eigenvalue weighted by Crippen LogP contribution is -2.53. The van der Waals surface area contributed by atoms with E-state index in [1.54, 1.807) is 45.0 Å². The number of carbonyl (C=O) groups excluding carboxylic acids is 2. The summed E-state index contributed by atoms with van der Waals surface area (Å²) in [6.07, 6.45) is 0.110. The van der Waals surface area contributed by atoms with Gasteiger partial charge in [-0.15, -0.1) is 0 Å². The van der Waals surface area contributed by atoms with Crippen LogP contribution < -0.4 is 15.4 Å². The lowest BCUT2D eigenvalue weighted by molar-refractivity contribution is -0.125. The first-order valence-corrected chi connectivity index (χ1v) is 9.48. The van der Waals surface area contributed by atoms with Crippen molar-refractivity contribution in [3.05, 3.63) is 29.8 Å². The Morgan fingerprint density at radius 3 is 2.25 bits per heavy atom. The van der Waals surface area contributed by atoms with Crippen LogP contribution in [0.3, 0.4) is 0 Å². The van der Waals surface area contributed by atoms with E-state index in [4.69, 9.17) is 14.7 Å². The molecular formula is C21H31N3O4. The third kappa shape index (κ3) is 8.30. The molecule has 0 aromatic heterocycles. The molecule has 0 aliphatic carbocycles. The molecule has 7 nitrogen and oxygen atoms in total. The molecule has 1 unspecified atom stereocenters. The molecule has 0 aliphatic heterocycles. The quantitative estimate of drug-likeness (QED) is 0.710. The van der Waals surface area contributed by atoms with E-state index >= 15 is 0 Å². The van der Waals surface area contributed by atoms with Crippen molar-refractivity contribution >= 4 is 12.0 Å². The first-order valence-electron chi connectivity index (χ1n) is 9.48. The van der Waals surface area contributed by atoms with E-state index in [9.17, 15) is 9.59 Å². The second-order valence-electron chi connectivity index (χ2n) is 7.87. The molecule has 2 N–H and O–H groups in total. The Hall–Kier alpha value is -2.75. The molecule has 1 aromatic carbocycles. The summed E-state index contributed by atoms with van der Waals surface area (Å²) in [5.41, 5.74) is -0.0821. The Bertz CT molecular complexity index is 689. The highest BCUT2D eigenvalue weighted by molar-refractivity contribution is 5.86. The molecule has 0 spiro atoms. The minimum absolute atomic E-state index is 0.0563. The largest absolute Gasteiger partial charge is 0.491 e. The van der Waals surface area contributed by atoms with E-state index < -0.39 is 17.7 Å². The van der Waals surface area contributed by atoms with Gasteiger partial charge in [-0.3, -0.25) is 4.79 Å². The van der Waals surface area contributed by atoms with Gasteiger partial charge in [-0.05, 0) is 57.9 Å². The van der Waals surface area contributed by atoms with Crippen LogP contribution in [0.5, 0.6) is 5.75 Å². The lowest BCUT2D eigenvalue weighted by atomic mass is 9.98. The fourth-order valence-corrected chi connectivity index (χ4v) is 2.36. The highest BCUT2D eigenvalue weighted by Crippen LogP contribution is 2.13. The van der Waals surface area contributed by atoms with Crippen molar-refractivity contribution in [2.24, 2.45) is 5.92 Å². The van der Waals surface area contributed by atoms with Gasteiger partial charge in [0.2, 0.25) is 5.91 Å². The summed E-state index contributed by atoms with van der Waals surface area (Å²) in [5, 5.41) is 14.4. The summed E-state index contributed by atoms with van der Waals surface area (Å²) >= 11 is 0. The molecule has 0 saturated heterocycles. The Labute approximate surface area is 167 Å². The molecule has 0 radical (unpaired) electrons. The van der Waals surface area contributed by atoms with Gasteiger partial charge in [-0.2, -0.15) is 5.26 Å². The van der Waals surface area contributed by atoms with Crippen molar-refractivity contribution < 1.29 is 19.1 Å². The molecule has 28 heavy (non-hydrogen) atoms. The summed E-state index contributed by atoms with van der Waals surface area (Å²) in [5.74, 6) is 0.278. The van der Waals surface area contributed by atoms with Gasteiger partial charge in [0, 0.05) is 0 Å². The predicted octanol–water partition coefficient (Wildman–Crippen LogP) is 3.38. The molecule has 7 heteroatoms. The van der Waals surface area contributed by atoms with Gasteiger partial charge >= 0.3 is 6.09 Å². The van der Waals surface area contributed by atoms with Gasteiger partial charge in [-0.25, -0.2) is 4.79 Å². The van der Waals surface area contributed by atoms with Crippen molar-refractivity contribution in [1.29, 1.82) is 5.26 Å². The minimum Gasteiger partial charge on any atom is -0.491 e. The summed E-state index contributed by atoms with van der Waals surface area (Å²) in [6.45, 7) is 11.3. The lowest BCUT2D eigenvalue weighted by Gasteiger charge is -2.27. The monoisotopic (exact) mass is 389 g/mol. The highest BCUT2D eigenvalue weighted by Gasteiger charge is 2.29. The molecule has 0 aliphatic rings. The van der Waals surface area contributed by atoms with E-state index in [2.05, 4.69) is 10.6 Å². The van der Waals surface area contributed by atoms with Crippen LogP contribution in [0.1, 0.15) is 53.5 Å². The second kappa shape index (κ2) is 10.5. The van der Waals surface area contributed by atoms with Crippen molar-refractivity contribution in [3.8, 4) is 11.8 Å². The minimum atomic E-state index is -0.697. The molecule has 1 aromatic rings. The Balaban J connectivity index is 2.62. The number of ether oxygens (including phenoxy) is 2. The van der Waals surface area contributed by atoms with Crippen molar-refractivity contribution in [2.45, 2.75) is 65.6 Å². The maximum atomic E-state index is 12.7. The van der Waals surface area contributed by atoms with Gasteiger partial charge < -0.3 is 20.1 Å². The van der Waals surface area contributed by atoms with Crippen LogP contribution in [0, 0.1) is 17.2 Å². The molecular weight excluding hydrogens is 358 g/mol. The van der Waals surface area contributed by atoms with E-state index in [1.807, 2.05) is 26.8 Å². The van der Waals surface area contributed by atoms with Gasteiger partial charge in [-0.1, -0.05) is 20.3 Å². The van der Waals surface area contributed by atoms with Crippen molar-refractivity contribution in [1.82, 2.24) is 10.6 Å². The molecule has 1 rings (SSSR count). The number of nitrogens with one attached hydrogen (secondary N) is 2. The average Bonchev–Trinajstić information content (AvgIpc) is 2.62. The van der Waals surface area contributed by atoms with E-state index in [1.165, 1.54) is 0 Å². The molecule has 0 bridgehead atoms. The summed E-state index contributed by atoms with van der Waals surface area (Å²) < 4.78 is 10.9. The zero-order valence-electron chi connectivity index (χ0n) is 17.5. The third-order valence-electron chi connectivity index (χ3n) is 4.04. The van der Waals surface area contributed by atoms with E-state index in [0.29, 0.717) is 11.3 Å². The number of carbonyl (C=O) groups is 2. The molecule has 0 saturated carbocycles. The maximum Gasteiger partial charge on any atom is 0.408 e. The number of rotatable bonds is 8. The molecule has 154 valence electrons. The standard InChI is InChI=1S/C21H31N3O4/c1-7-14(2)18(24-20(26)28-21(4,5)6)19(25)23-15(3)13-27-17-10-8-16(12-22)9-11-17/h8-11,14-15,18H,7,13H2,1-6H3,(H,23,25)(H,24,26)/t14-,15?,18-/m0/s1. The third-order valence-corrected chi connectivity index (χ3v) is 4.04. The fraction of sp³-hybridized carbons (Fsp3) is 0.571. The molecule has 0 fully saturated rings. The Morgan fingerprint density at radius 1 is 1.14 bits per heavy atom. The number of amides is 2. The van der Waals surface area contributed by atoms with Crippen LogP contribution in [0.2, 0.25) is 0 Å². The molecule has 2 amide bonds. The van der Waals surface area contributed by atoms with Crippen LogP contribution in [-0.4, -0.2) is 36.3 Å². The van der Waals surface area contributed by atoms with Crippen LogP contribution in [0.4, 0.5) is 4.79 Å². The average molecular weight is 389 g/mol. The number of nitrogens with zero attached hydrogens (tertiary/aromatic N) is 1. The number of hydrogen-bond acceptors (Lipinski definition) is 5. The number of nitriles is 1. The zero-order valence-corrected chi connectivity index (χ0v) is 17.5. The van der Waals surface area contributed by atoms with Crippen LogP contribution >= 0.6 is 0 Å². The summed E-state index contributed by atoms with van der Waals surface area (Å²) in [4.78, 5) is 24.8. The topological polar surface area (TPSA) is 100 Å². The zero-order chi connectivity index (χ0) is 21.3. The Morgan fingerprint density at radius 2 is 1.75 bits per heavy atom. The maximum absolute atomic E-state index is 12.7. The fourth-order valence-electron chi connectivity index (χ4n) is 2.36. The normalized spacial score (nSPS) is 14.2. The number of alkyl carbamates (subject to hydrolysis) is 1. The highest BCUT2D eigenvalue weighted by atomic mass is 16.6. The second-order valence-corrected chi connectivity index (χ2v) is 7.87. The van der Waals surface area contributed by atoms with Crippen LogP contribution in [-0.2, 0) is 9.53 Å². The van der Waals surface area contributed by atoms with Crippen molar-refractivity contribution in [3.63, 3.8) is 0 Å². The molecule has 0 heterocycles. The van der Waals surface area contributed by atoms with Gasteiger partial charge in [0.05, 0.1) is 17.7 Å². The number of benzene rings is 1. The summed E-state index contributed by atoms with van der Waals surface area (Å²) in [7, 11) is 0. The predicted molar refractivity (Wildman–Crippen MR) is 107 cm³/mol. The van der Waals surface area contributed by atoms with Crippen LogP contribution in [0.15, 0.2) is 24.3 Å². The first-order chi connectivity index (χ1) is 13.1. The van der Waals surface area contributed by atoms with E-state index in [-0.39, 0.29) is 24.5 Å². The first kappa shape index (κ1) is 23.3. The molecule has 3 atom stereocenters. The van der Waals surface area contributed by atoms with Crippen LogP contribution in [0.25, 0.3) is 0 Å². The van der Waals surface area contributed by atoms with Crippen molar-refractivity contribution in [2.75, 3.05) is 6.61 Å². The Kier molecular flexibility index (Phi) is 8.77. The van der Waals surface area contributed by atoms with Gasteiger partial charge in [0.25, 0.3) is 0 Å². The van der Waals surface area contributed by atoms with Gasteiger partial charge in [0.15, 0.2) is 0 Å². The number of hydrogen-bond donors (Lipinski definition) is 2. The van der Waals surface area contributed by atoms with Gasteiger partial charge in [0.1, 0.15) is 24.0 Å². The summed E-state index contributed by atoms with van der Waals surface area (Å²) in [6, 6.07) is 7.83. The SMILES string of the molecule is CC[C@H](C)[C@H](NC(=O)OC(C)(C)C)C(=O)NC(C)COc1ccc(C#N)cc1.